The van der Waals surface area contributed by atoms with E-state index in [2.05, 4.69) is 0 Å². The molecule has 1 aromatic rings. The van der Waals surface area contributed by atoms with Gasteiger partial charge in [0.2, 0.25) is 10.0 Å². The van der Waals surface area contributed by atoms with Gasteiger partial charge in [0.15, 0.2) is 0 Å². The number of sulfonamides is 1. The van der Waals surface area contributed by atoms with Gasteiger partial charge in [0.1, 0.15) is 10.7 Å². The topological polar surface area (TPSA) is 63.4 Å². The molecule has 1 aliphatic rings. The van der Waals surface area contributed by atoms with Gasteiger partial charge in [-0.15, -0.1) is 0 Å². The number of nitrogens with zero attached hydrogens (tertiary/aromatic N) is 1. The molecule has 0 amide bonds. The van der Waals surface area contributed by atoms with E-state index in [4.69, 9.17) is 5.73 Å². The van der Waals surface area contributed by atoms with Crippen molar-refractivity contribution in [2.24, 2.45) is 11.7 Å². The van der Waals surface area contributed by atoms with E-state index in [1.807, 2.05) is 0 Å². The molecule has 2 rings (SSSR count). The molecule has 6 heteroatoms. The van der Waals surface area contributed by atoms with Crippen molar-refractivity contribution in [1.82, 2.24) is 4.31 Å². The van der Waals surface area contributed by atoms with Crippen molar-refractivity contribution in [2.75, 3.05) is 19.6 Å². The van der Waals surface area contributed by atoms with Crippen molar-refractivity contribution < 1.29 is 12.8 Å². The van der Waals surface area contributed by atoms with Crippen LogP contribution in [0.15, 0.2) is 29.2 Å². The molecule has 1 saturated heterocycles. The maximum atomic E-state index is 13.7. The van der Waals surface area contributed by atoms with E-state index in [9.17, 15) is 12.8 Å². The zero-order valence-electron chi connectivity index (χ0n) is 10.8. The second-order valence-electron chi connectivity index (χ2n) is 4.88. The van der Waals surface area contributed by atoms with E-state index >= 15 is 0 Å². The zero-order valence-corrected chi connectivity index (χ0v) is 11.6. The highest BCUT2D eigenvalue weighted by atomic mass is 32.2. The Morgan fingerprint density at radius 3 is 2.79 bits per heavy atom. The smallest absolute Gasteiger partial charge is 0.245 e. The standard InChI is InChI=1S/C13H19FN2O2S/c14-12-5-1-2-6-13(12)19(17,18)16-9-3-4-11(10-16)7-8-15/h1-2,5-6,11H,3-4,7-10,15H2. The summed E-state index contributed by atoms with van der Waals surface area (Å²) in [6.07, 6.45) is 2.60. The molecule has 0 aliphatic carbocycles. The molecular weight excluding hydrogens is 267 g/mol. The molecule has 0 bridgehead atoms. The minimum atomic E-state index is -3.73. The molecule has 0 saturated carbocycles. The maximum Gasteiger partial charge on any atom is 0.245 e. The van der Waals surface area contributed by atoms with Gasteiger partial charge in [0, 0.05) is 13.1 Å². The third-order valence-corrected chi connectivity index (χ3v) is 5.41. The first-order valence-electron chi connectivity index (χ1n) is 6.50. The van der Waals surface area contributed by atoms with Crippen molar-refractivity contribution in [3.63, 3.8) is 0 Å². The number of hydrogen-bond donors (Lipinski definition) is 1. The molecular formula is C13H19FN2O2S. The molecule has 19 heavy (non-hydrogen) atoms. The average molecular weight is 286 g/mol. The van der Waals surface area contributed by atoms with Crippen LogP contribution in [0.4, 0.5) is 4.39 Å². The molecule has 1 atom stereocenters. The molecule has 0 radical (unpaired) electrons. The Morgan fingerprint density at radius 1 is 1.37 bits per heavy atom. The minimum absolute atomic E-state index is 0.233. The van der Waals surface area contributed by atoms with Gasteiger partial charge in [-0.1, -0.05) is 12.1 Å². The lowest BCUT2D eigenvalue weighted by molar-refractivity contribution is 0.257. The molecule has 1 aromatic carbocycles. The fourth-order valence-electron chi connectivity index (χ4n) is 2.51. The number of benzene rings is 1. The van der Waals surface area contributed by atoms with Gasteiger partial charge in [0.05, 0.1) is 0 Å². The minimum Gasteiger partial charge on any atom is -0.330 e. The SMILES string of the molecule is NCCC1CCCN(S(=O)(=O)c2ccccc2F)C1. The Balaban J connectivity index is 2.22. The van der Waals surface area contributed by atoms with Crippen LogP contribution in [0.25, 0.3) is 0 Å². The van der Waals surface area contributed by atoms with Crippen molar-refractivity contribution >= 4 is 10.0 Å². The fraction of sp³-hybridized carbons (Fsp3) is 0.538. The Morgan fingerprint density at radius 2 is 2.11 bits per heavy atom. The third kappa shape index (κ3) is 3.13. The summed E-state index contributed by atoms with van der Waals surface area (Å²) in [6.45, 7) is 1.45. The van der Waals surface area contributed by atoms with E-state index < -0.39 is 15.8 Å². The summed E-state index contributed by atoms with van der Waals surface area (Å²) in [5, 5.41) is 0. The van der Waals surface area contributed by atoms with E-state index in [0.29, 0.717) is 19.6 Å². The molecule has 106 valence electrons. The summed E-state index contributed by atoms with van der Waals surface area (Å²) in [7, 11) is -3.73. The molecule has 1 aliphatic heterocycles. The first-order chi connectivity index (χ1) is 9.05. The first-order valence-corrected chi connectivity index (χ1v) is 7.94. The number of hydrogen-bond acceptors (Lipinski definition) is 3. The Bertz CT molecular complexity index is 531. The largest absolute Gasteiger partial charge is 0.330 e. The van der Waals surface area contributed by atoms with Crippen LogP contribution in [0.5, 0.6) is 0 Å². The highest BCUT2D eigenvalue weighted by Crippen LogP contribution is 2.26. The van der Waals surface area contributed by atoms with Crippen molar-refractivity contribution in [3.05, 3.63) is 30.1 Å². The molecule has 1 fully saturated rings. The van der Waals surface area contributed by atoms with Gasteiger partial charge in [-0.05, 0) is 43.9 Å². The van der Waals surface area contributed by atoms with Crippen LogP contribution in [-0.2, 0) is 10.0 Å². The van der Waals surface area contributed by atoms with Crippen molar-refractivity contribution in [2.45, 2.75) is 24.2 Å². The Labute approximate surface area is 113 Å². The molecule has 2 N–H and O–H groups in total. The lowest BCUT2D eigenvalue weighted by Crippen LogP contribution is -2.40. The predicted octanol–water partition coefficient (Wildman–Crippen LogP) is 1.58. The zero-order chi connectivity index (χ0) is 13.9. The first kappa shape index (κ1) is 14.4. The van der Waals surface area contributed by atoms with Crippen LogP contribution in [0.3, 0.4) is 0 Å². The van der Waals surface area contributed by atoms with Crippen LogP contribution in [0.2, 0.25) is 0 Å². The van der Waals surface area contributed by atoms with E-state index in [1.165, 1.54) is 28.6 Å². The summed E-state index contributed by atoms with van der Waals surface area (Å²) in [4.78, 5) is -0.233. The molecule has 4 nitrogen and oxygen atoms in total. The summed E-state index contributed by atoms with van der Waals surface area (Å²) in [6, 6.07) is 5.52. The predicted molar refractivity (Wildman–Crippen MR) is 71.6 cm³/mol. The second-order valence-corrected chi connectivity index (χ2v) is 6.79. The molecule has 0 spiro atoms. The van der Waals surface area contributed by atoms with Crippen LogP contribution < -0.4 is 5.73 Å². The number of piperidine rings is 1. The quantitative estimate of drug-likeness (QED) is 0.914. The van der Waals surface area contributed by atoms with Gasteiger partial charge >= 0.3 is 0 Å². The normalized spacial score (nSPS) is 21.5. The number of halogens is 1. The maximum absolute atomic E-state index is 13.7. The summed E-state index contributed by atoms with van der Waals surface area (Å²) < 4.78 is 39.9. The lowest BCUT2D eigenvalue weighted by atomic mass is 9.96. The van der Waals surface area contributed by atoms with Crippen LogP contribution in [0, 0.1) is 11.7 Å². The van der Waals surface area contributed by atoms with Gasteiger partial charge in [-0.2, -0.15) is 4.31 Å². The molecule has 1 heterocycles. The Kier molecular flexibility index (Phi) is 4.54. The fourth-order valence-corrected chi connectivity index (χ4v) is 4.13. The second kappa shape index (κ2) is 5.98. The lowest BCUT2D eigenvalue weighted by Gasteiger charge is -2.31. The van der Waals surface area contributed by atoms with Crippen LogP contribution in [0.1, 0.15) is 19.3 Å². The van der Waals surface area contributed by atoms with Crippen LogP contribution in [-0.4, -0.2) is 32.4 Å². The molecule has 0 aromatic heterocycles. The van der Waals surface area contributed by atoms with E-state index in [0.717, 1.165) is 19.3 Å². The van der Waals surface area contributed by atoms with Gasteiger partial charge in [0.25, 0.3) is 0 Å². The Hall–Kier alpha value is -0.980. The molecule has 1 unspecified atom stereocenters. The average Bonchev–Trinajstić information content (AvgIpc) is 2.40. The van der Waals surface area contributed by atoms with Crippen molar-refractivity contribution in [1.29, 1.82) is 0 Å². The van der Waals surface area contributed by atoms with Gasteiger partial charge in [-0.25, -0.2) is 12.8 Å². The summed E-state index contributed by atoms with van der Waals surface area (Å²) in [5.74, 6) is -0.413. The number of rotatable bonds is 4. The van der Waals surface area contributed by atoms with E-state index in [-0.39, 0.29) is 10.8 Å². The van der Waals surface area contributed by atoms with Gasteiger partial charge in [-0.3, -0.25) is 0 Å². The highest BCUT2D eigenvalue weighted by molar-refractivity contribution is 7.89. The van der Waals surface area contributed by atoms with Crippen molar-refractivity contribution in [3.8, 4) is 0 Å². The summed E-state index contributed by atoms with van der Waals surface area (Å²) >= 11 is 0. The van der Waals surface area contributed by atoms with E-state index in [1.54, 1.807) is 0 Å². The number of nitrogens with two attached hydrogens (primary N) is 1. The highest BCUT2D eigenvalue weighted by Gasteiger charge is 2.31. The third-order valence-electron chi connectivity index (χ3n) is 3.51. The summed E-state index contributed by atoms with van der Waals surface area (Å²) in [5.41, 5.74) is 5.52. The van der Waals surface area contributed by atoms with Crippen LogP contribution >= 0.6 is 0 Å². The van der Waals surface area contributed by atoms with Gasteiger partial charge < -0.3 is 5.73 Å². The monoisotopic (exact) mass is 286 g/mol.